The average molecular weight is 486 g/mol. The molecule has 2 heterocycles. The van der Waals surface area contributed by atoms with E-state index in [2.05, 4.69) is 21.3 Å². The summed E-state index contributed by atoms with van der Waals surface area (Å²) in [6.45, 7) is 5.68. The zero-order chi connectivity index (χ0) is 18.4. The van der Waals surface area contributed by atoms with Gasteiger partial charge < -0.3 is 19.9 Å². The Balaban J connectivity index is 0.00000261. The first-order valence-electron chi connectivity index (χ1n) is 9.68. The summed E-state index contributed by atoms with van der Waals surface area (Å²) >= 11 is 0. The first-order valence-corrected chi connectivity index (χ1v) is 9.68. The number of benzene rings is 1. The van der Waals surface area contributed by atoms with Crippen LogP contribution in [0.15, 0.2) is 29.3 Å². The highest BCUT2D eigenvalue weighted by molar-refractivity contribution is 14.0. The van der Waals surface area contributed by atoms with Crippen LogP contribution in [0.2, 0.25) is 0 Å². The Bertz CT molecular complexity index is 645. The number of hydrogen-bond acceptors (Lipinski definition) is 3. The summed E-state index contributed by atoms with van der Waals surface area (Å²) in [5.41, 5.74) is 2.31. The number of carbonyl (C=O) groups is 1. The van der Waals surface area contributed by atoms with Gasteiger partial charge in [-0.2, -0.15) is 0 Å². The maximum atomic E-state index is 12.8. The van der Waals surface area contributed by atoms with Gasteiger partial charge in [0.05, 0.1) is 12.6 Å². The van der Waals surface area contributed by atoms with Gasteiger partial charge in [-0.25, -0.2) is 0 Å². The molecule has 2 aliphatic heterocycles. The molecule has 0 spiro atoms. The van der Waals surface area contributed by atoms with E-state index in [0.717, 1.165) is 63.6 Å². The molecule has 0 aliphatic carbocycles. The van der Waals surface area contributed by atoms with Crippen LogP contribution in [-0.4, -0.2) is 62.7 Å². The molecule has 1 fully saturated rings. The van der Waals surface area contributed by atoms with Gasteiger partial charge in [0.1, 0.15) is 0 Å². The van der Waals surface area contributed by atoms with Gasteiger partial charge in [0.2, 0.25) is 5.91 Å². The summed E-state index contributed by atoms with van der Waals surface area (Å²) in [5.74, 6) is 0.904. The van der Waals surface area contributed by atoms with Crippen LogP contribution >= 0.6 is 24.0 Å². The molecule has 2 aliphatic rings. The van der Waals surface area contributed by atoms with Crippen molar-refractivity contribution in [2.45, 2.75) is 38.7 Å². The Hall–Kier alpha value is -1.35. The molecule has 1 amide bonds. The summed E-state index contributed by atoms with van der Waals surface area (Å²) in [6, 6.07) is 8.20. The van der Waals surface area contributed by atoms with E-state index in [1.807, 2.05) is 30.0 Å². The number of nitrogens with zero attached hydrogens (tertiary/aromatic N) is 3. The number of carbonyl (C=O) groups excluding carboxylic acids is 1. The lowest BCUT2D eigenvalue weighted by Crippen LogP contribution is -2.50. The van der Waals surface area contributed by atoms with Crippen LogP contribution < -0.4 is 10.2 Å². The molecule has 0 aromatic heterocycles. The lowest BCUT2D eigenvalue weighted by atomic mass is 10.0. The summed E-state index contributed by atoms with van der Waals surface area (Å²) in [6.07, 6.45) is 4.41. The minimum absolute atomic E-state index is 0. The van der Waals surface area contributed by atoms with Crippen molar-refractivity contribution in [1.29, 1.82) is 0 Å². The van der Waals surface area contributed by atoms with E-state index in [0.29, 0.717) is 6.10 Å². The Kier molecular flexibility index (Phi) is 8.82. The molecule has 0 atom stereocenters. The number of hydrogen-bond donors (Lipinski definition) is 1. The van der Waals surface area contributed by atoms with E-state index in [-0.39, 0.29) is 36.4 Å². The Morgan fingerprint density at radius 2 is 2.00 bits per heavy atom. The van der Waals surface area contributed by atoms with E-state index in [1.165, 1.54) is 5.56 Å². The molecular weight excluding hydrogens is 455 g/mol. The van der Waals surface area contributed by atoms with Crippen molar-refractivity contribution in [3.63, 3.8) is 0 Å². The van der Waals surface area contributed by atoms with Gasteiger partial charge >= 0.3 is 0 Å². The number of fused-ring (bicyclic) bond motifs is 1. The van der Waals surface area contributed by atoms with Crippen LogP contribution in [-0.2, 0) is 16.0 Å². The van der Waals surface area contributed by atoms with E-state index >= 15 is 0 Å². The molecule has 150 valence electrons. The van der Waals surface area contributed by atoms with Gasteiger partial charge in [0.15, 0.2) is 5.96 Å². The van der Waals surface area contributed by atoms with Crippen molar-refractivity contribution in [3.05, 3.63) is 29.8 Å². The van der Waals surface area contributed by atoms with Crippen LogP contribution in [0.3, 0.4) is 0 Å². The lowest BCUT2D eigenvalue weighted by molar-refractivity contribution is -0.117. The third-order valence-electron chi connectivity index (χ3n) is 5.16. The van der Waals surface area contributed by atoms with Crippen molar-refractivity contribution in [2.75, 3.05) is 44.7 Å². The standard InChI is InChI=1S/C20H30N4O2.HI/c1-3-26-17-10-13-23(14-11-17)20(21-2)22-15-19(25)24-12-6-8-16-7-4-5-9-18(16)24;/h4-5,7,9,17H,3,6,8,10-15H2,1-2H3,(H,21,22);1H. The Labute approximate surface area is 179 Å². The monoisotopic (exact) mass is 486 g/mol. The molecule has 7 heteroatoms. The van der Waals surface area contributed by atoms with Gasteiger partial charge in [0, 0.05) is 39.0 Å². The number of halogens is 1. The van der Waals surface area contributed by atoms with Crippen molar-refractivity contribution in [3.8, 4) is 0 Å². The Morgan fingerprint density at radius 1 is 1.26 bits per heavy atom. The highest BCUT2D eigenvalue weighted by Crippen LogP contribution is 2.26. The van der Waals surface area contributed by atoms with Gasteiger partial charge in [-0.05, 0) is 44.2 Å². The molecule has 1 aromatic carbocycles. The Morgan fingerprint density at radius 3 is 2.70 bits per heavy atom. The second-order valence-corrected chi connectivity index (χ2v) is 6.82. The molecule has 0 unspecified atom stereocenters. The third-order valence-corrected chi connectivity index (χ3v) is 5.16. The van der Waals surface area contributed by atoms with Crippen molar-refractivity contribution in [1.82, 2.24) is 10.2 Å². The molecule has 6 nitrogen and oxygen atoms in total. The fourth-order valence-electron chi connectivity index (χ4n) is 3.85. The number of anilines is 1. The van der Waals surface area contributed by atoms with Crippen LogP contribution in [0.4, 0.5) is 5.69 Å². The molecular formula is C20H31IN4O2. The number of nitrogens with one attached hydrogen (secondary N) is 1. The predicted octanol–water partition coefficient (Wildman–Crippen LogP) is 2.66. The molecule has 1 aromatic rings. The number of rotatable bonds is 4. The maximum absolute atomic E-state index is 12.8. The summed E-state index contributed by atoms with van der Waals surface area (Å²) in [7, 11) is 1.78. The van der Waals surface area contributed by atoms with Crippen molar-refractivity contribution >= 4 is 41.5 Å². The van der Waals surface area contributed by atoms with Gasteiger partial charge in [-0.3, -0.25) is 9.79 Å². The predicted molar refractivity (Wildman–Crippen MR) is 120 cm³/mol. The minimum atomic E-state index is 0. The molecule has 0 bridgehead atoms. The number of ether oxygens (including phenoxy) is 1. The minimum Gasteiger partial charge on any atom is -0.378 e. The fourth-order valence-corrected chi connectivity index (χ4v) is 3.85. The quantitative estimate of drug-likeness (QED) is 0.404. The van der Waals surface area contributed by atoms with Crippen molar-refractivity contribution < 1.29 is 9.53 Å². The number of aryl methyl sites for hydroxylation is 1. The van der Waals surface area contributed by atoms with Crippen LogP contribution in [0.25, 0.3) is 0 Å². The first-order chi connectivity index (χ1) is 12.7. The van der Waals surface area contributed by atoms with Gasteiger partial charge in [-0.15, -0.1) is 24.0 Å². The zero-order valence-electron chi connectivity index (χ0n) is 16.3. The number of para-hydroxylation sites is 1. The average Bonchev–Trinajstić information content (AvgIpc) is 2.69. The molecule has 0 saturated carbocycles. The van der Waals surface area contributed by atoms with Gasteiger partial charge in [-0.1, -0.05) is 18.2 Å². The molecule has 0 radical (unpaired) electrons. The van der Waals surface area contributed by atoms with Crippen LogP contribution in [0, 0.1) is 0 Å². The normalized spacial score (nSPS) is 17.9. The fraction of sp³-hybridized carbons (Fsp3) is 0.600. The molecule has 3 rings (SSSR count). The van der Waals surface area contributed by atoms with E-state index in [1.54, 1.807) is 7.05 Å². The second kappa shape index (κ2) is 10.8. The van der Waals surface area contributed by atoms with E-state index in [4.69, 9.17) is 4.74 Å². The number of amides is 1. The zero-order valence-corrected chi connectivity index (χ0v) is 18.6. The molecule has 27 heavy (non-hydrogen) atoms. The summed E-state index contributed by atoms with van der Waals surface area (Å²) < 4.78 is 5.71. The van der Waals surface area contributed by atoms with Crippen LogP contribution in [0.5, 0.6) is 0 Å². The SMILES string of the molecule is CCOC1CCN(C(=NC)NCC(=O)N2CCCc3ccccc32)CC1.I. The second-order valence-electron chi connectivity index (χ2n) is 6.82. The van der Waals surface area contributed by atoms with E-state index in [9.17, 15) is 4.79 Å². The molecule has 1 saturated heterocycles. The number of aliphatic imine (C=N–C) groups is 1. The van der Waals surface area contributed by atoms with Crippen LogP contribution in [0.1, 0.15) is 31.7 Å². The topological polar surface area (TPSA) is 57.2 Å². The number of guanidine groups is 1. The lowest BCUT2D eigenvalue weighted by Gasteiger charge is -2.34. The summed E-state index contributed by atoms with van der Waals surface area (Å²) in [4.78, 5) is 21.3. The molecule has 1 N–H and O–H groups in total. The van der Waals surface area contributed by atoms with E-state index < -0.39 is 0 Å². The largest absolute Gasteiger partial charge is 0.378 e. The third kappa shape index (κ3) is 5.57. The first kappa shape index (κ1) is 21.9. The maximum Gasteiger partial charge on any atom is 0.246 e. The smallest absolute Gasteiger partial charge is 0.246 e. The number of piperidine rings is 1. The highest BCUT2D eigenvalue weighted by atomic mass is 127. The highest BCUT2D eigenvalue weighted by Gasteiger charge is 2.24. The number of likely N-dealkylation sites (tertiary alicyclic amines) is 1. The summed E-state index contributed by atoms with van der Waals surface area (Å²) in [5, 5.41) is 3.26. The van der Waals surface area contributed by atoms with Crippen molar-refractivity contribution in [2.24, 2.45) is 4.99 Å². The van der Waals surface area contributed by atoms with Gasteiger partial charge in [0.25, 0.3) is 0 Å².